The topological polar surface area (TPSA) is 62.4 Å². The van der Waals surface area contributed by atoms with Crippen LogP contribution >= 0.6 is 0 Å². The third kappa shape index (κ3) is 3.59. The molecular weight excluding hydrogens is 297 g/mol. The van der Waals surface area contributed by atoms with Crippen molar-refractivity contribution in [1.82, 2.24) is 15.1 Å². The molecular formula is C17H22FN3O2. The summed E-state index contributed by atoms with van der Waals surface area (Å²) in [6.45, 7) is 5.58. The minimum atomic E-state index is -0.543. The lowest BCUT2D eigenvalue weighted by molar-refractivity contribution is 0.0429. The zero-order valence-corrected chi connectivity index (χ0v) is 13.4. The van der Waals surface area contributed by atoms with Gasteiger partial charge in [0.15, 0.2) is 0 Å². The van der Waals surface area contributed by atoms with Crippen molar-refractivity contribution in [3.8, 4) is 0 Å². The Morgan fingerprint density at radius 1 is 1.22 bits per heavy atom. The third-order valence-electron chi connectivity index (χ3n) is 4.68. The lowest BCUT2D eigenvalue weighted by Crippen LogP contribution is -2.37. The Kier molecular flexibility index (Phi) is 4.73. The first kappa shape index (κ1) is 16.1. The molecule has 2 heterocycles. The minimum absolute atomic E-state index is 0.0834. The second-order valence-electron chi connectivity index (χ2n) is 6.21. The smallest absolute Gasteiger partial charge is 0.233 e. The maximum absolute atomic E-state index is 13.0. The second-order valence-corrected chi connectivity index (χ2v) is 6.21. The van der Waals surface area contributed by atoms with E-state index >= 15 is 0 Å². The van der Waals surface area contributed by atoms with E-state index in [9.17, 15) is 9.50 Å². The van der Waals surface area contributed by atoms with Crippen LogP contribution in [-0.4, -0.2) is 33.3 Å². The molecule has 1 fully saturated rings. The van der Waals surface area contributed by atoms with E-state index in [0.717, 1.165) is 31.5 Å². The minimum Gasteiger partial charge on any atom is -0.424 e. The first-order chi connectivity index (χ1) is 11.0. The van der Waals surface area contributed by atoms with E-state index in [0.29, 0.717) is 11.8 Å². The molecule has 124 valence electrons. The third-order valence-corrected chi connectivity index (χ3v) is 4.68. The van der Waals surface area contributed by atoms with Gasteiger partial charge in [-0.2, -0.15) is 0 Å². The van der Waals surface area contributed by atoms with E-state index in [4.69, 9.17) is 4.42 Å². The molecule has 1 aromatic carbocycles. The zero-order valence-electron chi connectivity index (χ0n) is 13.4. The molecule has 0 saturated carbocycles. The predicted octanol–water partition coefficient (Wildman–Crippen LogP) is 3.02. The number of piperidine rings is 1. The summed E-state index contributed by atoms with van der Waals surface area (Å²) < 4.78 is 18.5. The van der Waals surface area contributed by atoms with E-state index in [2.05, 4.69) is 22.0 Å². The van der Waals surface area contributed by atoms with Gasteiger partial charge in [-0.05, 0) is 56.5 Å². The van der Waals surface area contributed by atoms with Gasteiger partial charge < -0.3 is 9.52 Å². The number of aliphatic hydroxyl groups is 1. The molecule has 0 bridgehead atoms. The number of nitrogens with zero attached hydrogens (tertiary/aromatic N) is 3. The van der Waals surface area contributed by atoms with Crippen LogP contribution in [0.15, 0.2) is 28.7 Å². The predicted molar refractivity (Wildman–Crippen MR) is 83.1 cm³/mol. The molecule has 0 aliphatic carbocycles. The highest BCUT2D eigenvalue weighted by atomic mass is 19.1. The highest BCUT2D eigenvalue weighted by Crippen LogP contribution is 2.33. The van der Waals surface area contributed by atoms with Crippen LogP contribution in [0.5, 0.6) is 0 Å². The van der Waals surface area contributed by atoms with E-state index in [1.165, 1.54) is 12.1 Å². The summed E-state index contributed by atoms with van der Waals surface area (Å²) in [4.78, 5) is 2.29. The van der Waals surface area contributed by atoms with Crippen molar-refractivity contribution in [1.29, 1.82) is 0 Å². The average Bonchev–Trinajstić information content (AvgIpc) is 3.01. The standard InChI is InChI=1S/C17H22FN3O2/c1-11(17-20-19-12(2)23-17)21-9-7-14(8-10-21)16(22)13-3-5-15(18)6-4-13/h3-6,11,14,16,22H,7-10H2,1-2H3. The van der Waals surface area contributed by atoms with Crippen molar-refractivity contribution in [3.05, 3.63) is 47.4 Å². The van der Waals surface area contributed by atoms with E-state index in [-0.39, 0.29) is 17.8 Å². The Bertz CT molecular complexity index is 636. The summed E-state index contributed by atoms with van der Waals surface area (Å²) in [7, 11) is 0. The van der Waals surface area contributed by atoms with E-state index in [1.807, 2.05) is 0 Å². The number of halogens is 1. The van der Waals surface area contributed by atoms with Crippen molar-refractivity contribution in [2.45, 2.75) is 38.8 Å². The van der Waals surface area contributed by atoms with Crippen molar-refractivity contribution < 1.29 is 13.9 Å². The Morgan fingerprint density at radius 2 is 1.87 bits per heavy atom. The fraction of sp³-hybridized carbons (Fsp3) is 0.529. The fourth-order valence-electron chi connectivity index (χ4n) is 3.19. The van der Waals surface area contributed by atoms with Crippen LogP contribution in [0.1, 0.15) is 49.3 Å². The van der Waals surface area contributed by atoms with Crippen molar-refractivity contribution in [2.24, 2.45) is 5.92 Å². The summed E-state index contributed by atoms with van der Waals surface area (Å²) >= 11 is 0. The van der Waals surface area contributed by atoms with Crippen LogP contribution in [-0.2, 0) is 0 Å². The number of aromatic nitrogens is 2. The van der Waals surface area contributed by atoms with Gasteiger partial charge in [0, 0.05) is 6.92 Å². The summed E-state index contributed by atoms with van der Waals surface area (Å²) in [5.41, 5.74) is 0.783. The summed E-state index contributed by atoms with van der Waals surface area (Å²) in [5.74, 6) is 1.13. The number of hydrogen-bond donors (Lipinski definition) is 1. The molecule has 1 saturated heterocycles. The quantitative estimate of drug-likeness (QED) is 0.938. The molecule has 0 amide bonds. The van der Waals surface area contributed by atoms with Crippen LogP contribution in [0.2, 0.25) is 0 Å². The van der Waals surface area contributed by atoms with Gasteiger partial charge >= 0.3 is 0 Å². The lowest BCUT2D eigenvalue weighted by Gasteiger charge is -2.36. The highest BCUT2D eigenvalue weighted by Gasteiger charge is 2.30. The van der Waals surface area contributed by atoms with Gasteiger partial charge in [0.1, 0.15) is 5.82 Å². The second kappa shape index (κ2) is 6.76. The largest absolute Gasteiger partial charge is 0.424 e. The number of aliphatic hydroxyl groups excluding tert-OH is 1. The first-order valence-corrected chi connectivity index (χ1v) is 8.02. The number of benzene rings is 1. The molecule has 2 aromatic rings. The van der Waals surface area contributed by atoms with Crippen LogP contribution < -0.4 is 0 Å². The number of hydrogen-bond acceptors (Lipinski definition) is 5. The Labute approximate surface area is 135 Å². The van der Waals surface area contributed by atoms with Gasteiger partial charge in [-0.3, -0.25) is 4.90 Å². The fourth-order valence-corrected chi connectivity index (χ4v) is 3.19. The van der Waals surface area contributed by atoms with E-state index in [1.54, 1.807) is 19.1 Å². The van der Waals surface area contributed by atoms with Crippen LogP contribution in [0.25, 0.3) is 0 Å². The molecule has 1 aromatic heterocycles. The normalized spacial score (nSPS) is 19.7. The Hall–Kier alpha value is -1.79. The molecule has 2 unspecified atom stereocenters. The van der Waals surface area contributed by atoms with Crippen LogP contribution in [0.4, 0.5) is 4.39 Å². The van der Waals surface area contributed by atoms with Gasteiger partial charge in [0.2, 0.25) is 11.8 Å². The lowest BCUT2D eigenvalue weighted by atomic mass is 9.87. The number of rotatable bonds is 4. The molecule has 1 aliphatic rings. The van der Waals surface area contributed by atoms with Gasteiger partial charge in [-0.25, -0.2) is 4.39 Å². The van der Waals surface area contributed by atoms with Crippen LogP contribution in [0.3, 0.4) is 0 Å². The average molecular weight is 319 g/mol. The van der Waals surface area contributed by atoms with Gasteiger partial charge in [0.25, 0.3) is 0 Å². The van der Waals surface area contributed by atoms with Gasteiger partial charge in [-0.15, -0.1) is 10.2 Å². The highest BCUT2D eigenvalue weighted by molar-refractivity contribution is 5.19. The molecule has 5 nitrogen and oxygen atoms in total. The summed E-state index contributed by atoms with van der Waals surface area (Å²) in [6.07, 6.45) is 1.23. The van der Waals surface area contributed by atoms with Gasteiger partial charge in [-0.1, -0.05) is 12.1 Å². The van der Waals surface area contributed by atoms with Crippen molar-refractivity contribution >= 4 is 0 Å². The SMILES string of the molecule is Cc1nnc(C(C)N2CCC(C(O)c3ccc(F)cc3)CC2)o1. The van der Waals surface area contributed by atoms with Gasteiger partial charge in [0.05, 0.1) is 12.1 Å². The monoisotopic (exact) mass is 319 g/mol. The maximum Gasteiger partial charge on any atom is 0.233 e. The van der Waals surface area contributed by atoms with Crippen molar-refractivity contribution in [3.63, 3.8) is 0 Å². The van der Waals surface area contributed by atoms with Crippen LogP contribution in [0, 0.1) is 18.7 Å². The summed E-state index contributed by atoms with van der Waals surface area (Å²) in [6, 6.07) is 6.20. The zero-order chi connectivity index (χ0) is 16.4. The molecule has 1 aliphatic heterocycles. The molecule has 0 radical (unpaired) electrons. The molecule has 3 rings (SSSR count). The number of aryl methyl sites for hydroxylation is 1. The Morgan fingerprint density at radius 3 is 2.43 bits per heavy atom. The molecule has 1 N–H and O–H groups in total. The van der Waals surface area contributed by atoms with Crippen molar-refractivity contribution in [2.75, 3.05) is 13.1 Å². The van der Waals surface area contributed by atoms with E-state index < -0.39 is 6.10 Å². The summed E-state index contributed by atoms with van der Waals surface area (Å²) in [5, 5.41) is 18.5. The number of likely N-dealkylation sites (tertiary alicyclic amines) is 1. The molecule has 2 atom stereocenters. The molecule has 23 heavy (non-hydrogen) atoms. The Balaban J connectivity index is 1.58. The first-order valence-electron chi connectivity index (χ1n) is 8.02. The molecule has 6 heteroatoms. The molecule has 0 spiro atoms. The maximum atomic E-state index is 13.0.